The first-order chi connectivity index (χ1) is 29.6. The number of rotatable bonds is 6. The van der Waals surface area contributed by atoms with Crippen molar-refractivity contribution < 1.29 is 0 Å². The zero-order valence-electron chi connectivity index (χ0n) is 34.5. The van der Waals surface area contributed by atoms with E-state index in [1.54, 1.807) is 0 Å². The van der Waals surface area contributed by atoms with Crippen LogP contribution in [-0.4, -0.2) is 15.7 Å². The van der Waals surface area contributed by atoms with E-state index >= 15 is 0 Å². The monoisotopic (exact) mass is 778 g/mol. The van der Waals surface area contributed by atoms with Gasteiger partial charge in [0.15, 0.2) is 0 Å². The van der Waals surface area contributed by atoms with Gasteiger partial charge in [0.05, 0.1) is 11.0 Å². The summed E-state index contributed by atoms with van der Waals surface area (Å²) in [6.45, 7) is 5.51. The zero-order chi connectivity index (χ0) is 40.2. The molecule has 294 valence electrons. The summed E-state index contributed by atoms with van der Waals surface area (Å²) in [4.78, 5) is 4.93. The maximum atomic E-state index is 2.52. The summed E-state index contributed by atoms with van der Waals surface area (Å²) in [7, 11) is 0. The molecule has 0 saturated carbocycles. The lowest BCUT2D eigenvalue weighted by Gasteiger charge is -2.32. The van der Waals surface area contributed by atoms with E-state index in [4.69, 9.17) is 0 Å². The minimum absolute atomic E-state index is 0.364. The molecule has 4 nitrogen and oxygen atoms in total. The second kappa shape index (κ2) is 15.1. The van der Waals surface area contributed by atoms with Crippen LogP contribution in [0.25, 0.3) is 45.3 Å². The molecule has 0 radical (unpaired) electrons. The molecular formula is C56H50N4. The van der Waals surface area contributed by atoms with E-state index in [1.165, 1.54) is 72.7 Å². The number of fused-ring (bicyclic) bond motifs is 6. The summed E-state index contributed by atoms with van der Waals surface area (Å²) < 4.78 is 4.93. The molecule has 60 heavy (non-hydrogen) atoms. The Morgan fingerprint density at radius 2 is 1.17 bits per heavy atom. The lowest BCUT2D eigenvalue weighted by Crippen LogP contribution is -2.25. The van der Waals surface area contributed by atoms with Crippen LogP contribution in [0.1, 0.15) is 68.0 Å². The maximum absolute atomic E-state index is 2.52. The molecule has 0 saturated heterocycles. The smallest absolute Gasteiger partial charge is 0.0537 e. The first kappa shape index (κ1) is 36.3. The number of allylic oxidation sites excluding steroid dienone is 9. The Balaban J connectivity index is 1.01. The van der Waals surface area contributed by atoms with Crippen molar-refractivity contribution in [2.45, 2.75) is 51.9 Å². The van der Waals surface area contributed by atoms with Gasteiger partial charge in [-0.25, -0.2) is 0 Å². The molecule has 0 amide bonds. The van der Waals surface area contributed by atoms with Crippen LogP contribution in [0.2, 0.25) is 0 Å². The minimum atomic E-state index is 0.364. The van der Waals surface area contributed by atoms with Crippen LogP contribution in [0.4, 0.5) is 22.7 Å². The summed E-state index contributed by atoms with van der Waals surface area (Å²) in [6, 6.07) is 45.3. The Morgan fingerprint density at radius 3 is 1.90 bits per heavy atom. The SMILES string of the molecule is CC1CC=Cc2c1c1ccccc1n2-c1ccc(N(c2ccc(N3C/C=C\C=C/[C@H](C)C4=C3CCC=C4)cc2)c2ccc(-n3c4c(c5ccccc53)C=CCC4)cc2)cc1. The van der Waals surface area contributed by atoms with Crippen LogP contribution in [0.5, 0.6) is 0 Å². The minimum Gasteiger partial charge on any atom is -0.341 e. The molecule has 4 heteroatoms. The molecule has 0 bridgehead atoms. The molecule has 11 rings (SSSR count). The Hall–Kier alpha value is -6.78. The average Bonchev–Trinajstić information content (AvgIpc) is 3.84. The van der Waals surface area contributed by atoms with Crippen molar-refractivity contribution in [2.24, 2.45) is 5.92 Å². The van der Waals surface area contributed by atoms with Crippen LogP contribution < -0.4 is 9.80 Å². The summed E-state index contributed by atoms with van der Waals surface area (Å²) in [5.41, 5.74) is 17.8. The maximum Gasteiger partial charge on any atom is 0.0537 e. The highest BCUT2D eigenvalue weighted by Crippen LogP contribution is 2.42. The Bertz CT molecular complexity index is 2940. The third kappa shape index (κ3) is 6.13. The fraction of sp³-hybridized carbons (Fsp3) is 0.179. The molecule has 3 aliphatic carbocycles. The zero-order valence-corrected chi connectivity index (χ0v) is 34.5. The highest BCUT2D eigenvalue weighted by molar-refractivity contribution is 5.94. The van der Waals surface area contributed by atoms with Crippen molar-refractivity contribution in [3.8, 4) is 11.4 Å². The fourth-order valence-corrected chi connectivity index (χ4v) is 10.3. The van der Waals surface area contributed by atoms with E-state index in [9.17, 15) is 0 Å². The van der Waals surface area contributed by atoms with Gasteiger partial charge in [-0.1, -0.05) is 105 Å². The molecule has 3 heterocycles. The van der Waals surface area contributed by atoms with E-state index in [0.717, 1.165) is 55.7 Å². The number of hydrogen-bond acceptors (Lipinski definition) is 2. The van der Waals surface area contributed by atoms with Crippen LogP contribution in [0.3, 0.4) is 0 Å². The van der Waals surface area contributed by atoms with Gasteiger partial charge in [0.2, 0.25) is 0 Å². The lowest BCUT2D eigenvalue weighted by molar-refractivity contribution is 0.773. The highest BCUT2D eigenvalue weighted by Gasteiger charge is 2.25. The van der Waals surface area contributed by atoms with E-state index in [2.05, 4.69) is 215 Å². The van der Waals surface area contributed by atoms with E-state index in [1.807, 2.05) is 0 Å². The molecular weight excluding hydrogens is 729 g/mol. The normalized spacial score (nSPS) is 19.4. The first-order valence-corrected chi connectivity index (χ1v) is 21.8. The predicted octanol–water partition coefficient (Wildman–Crippen LogP) is 14.7. The number of benzene rings is 5. The molecule has 0 N–H and O–H groups in total. The van der Waals surface area contributed by atoms with Gasteiger partial charge < -0.3 is 18.9 Å². The lowest BCUT2D eigenvalue weighted by atomic mass is 9.91. The first-order valence-electron chi connectivity index (χ1n) is 21.8. The van der Waals surface area contributed by atoms with Crippen LogP contribution in [0, 0.1) is 5.92 Å². The van der Waals surface area contributed by atoms with Crippen molar-refractivity contribution in [2.75, 3.05) is 16.3 Å². The van der Waals surface area contributed by atoms with Gasteiger partial charge in [0.25, 0.3) is 0 Å². The number of para-hydroxylation sites is 2. The van der Waals surface area contributed by atoms with Crippen molar-refractivity contribution >= 4 is 56.7 Å². The molecule has 7 aromatic rings. The standard InChI is InChI=1S/C56H50N4/c1-39-15-4-3-13-38-57(51-21-9-5-17-47(39)51)41-26-28-42(29-27-41)58(43-30-34-45(35-31-43)59-52-22-10-6-18-48(52)49-19-7-11-23-53(49)59)44-32-36-46(37-33-44)60-54-24-12-8-20-50(54)56-40(2)16-14-25-55(56)60/h3-8,10,12-15,17-20,22,24-37,39-40H,9,11,16,21,23,38H2,1-2H3/b13-3-,15-4-/t39-,40?/m0/s1. The average molecular weight is 779 g/mol. The predicted molar refractivity (Wildman–Crippen MR) is 254 cm³/mol. The Morgan fingerprint density at radius 1 is 0.550 bits per heavy atom. The van der Waals surface area contributed by atoms with Crippen LogP contribution in [0.15, 0.2) is 181 Å². The summed E-state index contributed by atoms with van der Waals surface area (Å²) in [5.74, 6) is 0.851. The van der Waals surface area contributed by atoms with Crippen molar-refractivity contribution in [3.05, 3.63) is 204 Å². The number of hydrogen-bond donors (Lipinski definition) is 0. The molecule has 2 atom stereocenters. The third-order valence-electron chi connectivity index (χ3n) is 13.1. The Labute approximate surface area is 353 Å². The second-order valence-electron chi connectivity index (χ2n) is 16.8. The van der Waals surface area contributed by atoms with Gasteiger partial charge in [-0.3, -0.25) is 0 Å². The number of aromatic nitrogens is 2. The van der Waals surface area contributed by atoms with E-state index in [0.29, 0.717) is 11.8 Å². The molecule has 0 spiro atoms. The highest BCUT2D eigenvalue weighted by atomic mass is 15.2. The molecule has 5 aromatic carbocycles. The third-order valence-corrected chi connectivity index (χ3v) is 13.1. The quantitative estimate of drug-likeness (QED) is 0.167. The van der Waals surface area contributed by atoms with Gasteiger partial charge in [-0.15, -0.1) is 0 Å². The van der Waals surface area contributed by atoms with E-state index in [-0.39, 0.29) is 0 Å². The second-order valence-corrected chi connectivity index (χ2v) is 16.8. The van der Waals surface area contributed by atoms with Crippen LogP contribution in [-0.2, 0) is 6.42 Å². The van der Waals surface area contributed by atoms with Gasteiger partial charge in [0.1, 0.15) is 0 Å². The number of nitrogens with zero attached hydrogens (tertiary/aromatic N) is 4. The van der Waals surface area contributed by atoms with Crippen LogP contribution >= 0.6 is 0 Å². The fourth-order valence-electron chi connectivity index (χ4n) is 10.3. The van der Waals surface area contributed by atoms with Gasteiger partial charge in [-0.2, -0.15) is 0 Å². The van der Waals surface area contributed by atoms with Gasteiger partial charge >= 0.3 is 0 Å². The van der Waals surface area contributed by atoms with Gasteiger partial charge in [-0.05, 0) is 140 Å². The topological polar surface area (TPSA) is 16.3 Å². The van der Waals surface area contributed by atoms with Crippen molar-refractivity contribution in [3.63, 3.8) is 0 Å². The molecule has 0 fully saturated rings. The van der Waals surface area contributed by atoms with Gasteiger partial charge in [0, 0.05) is 80.0 Å². The van der Waals surface area contributed by atoms with E-state index < -0.39 is 0 Å². The molecule has 1 aliphatic heterocycles. The van der Waals surface area contributed by atoms with Crippen molar-refractivity contribution in [1.82, 2.24) is 9.13 Å². The van der Waals surface area contributed by atoms with Crippen molar-refractivity contribution in [1.29, 1.82) is 0 Å². The molecule has 4 aliphatic rings. The number of anilines is 4. The molecule has 2 aromatic heterocycles. The summed E-state index contributed by atoms with van der Waals surface area (Å²) >= 11 is 0. The summed E-state index contributed by atoms with van der Waals surface area (Å²) in [5, 5.41) is 2.67. The summed E-state index contributed by atoms with van der Waals surface area (Å²) in [6.07, 6.45) is 28.3. The Kier molecular flexibility index (Phi) is 9.14. The largest absolute Gasteiger partial charge is 0.341 e. The molecule has 1 unspecified atom stereocenters.